The average molecular weight is 240 g/mol. The maximum atomic E-state index is 11.0. The van der Waals surface area contributed by atoms with Crippen LogP contribution in [0.25, 0.3) is 0 Å². The van der Waals surface area contributed by atoms with Crippen molar-refractivity contribution in [1.29, 1.82) is 5.26 Å². The second-order valence-electron chi connectivity index (χ2n) is 2.52. The molecule has 0 radical (unpaired) electrons. The first kappa shape index (κ1) is 9.75. The van der Waals surface area contributed by atoms with E-state index in [-0.39, 0.29) is 22.7 Å². The minimum Gasteiger partial charge on any atom is -0.507 e. The summed E-state index contributed by atoms with van der Waals surface area (Å²) < 4.78 is 0.576. The molecule has 13 heavy (non-hydrogen) atoms. The molecule has 3 nitrogen and oxygen atoms in total. The van der Waals surface area contributed by atoms with Crippen molar-refractivity contribution in [3.05, 3.63) is 27.7 Å². The fraction of sp³-hybridized carbons (Fsp3) is 0.111. The Balaban J connectivity index is 3.50. The molecule has 0 aliphatic carbocycles. The number of nitriles is 1. The average Bonchev–Trinajstić information content (AvgIpc) is 2.01. The zero-order valence-electron chi connectivity index (χ0n) is 6.84. The van der Waals surface area contributed by atoms with Gasteiger partial charge in [0.2, 0.25) is 0 Å². The smallest absolute Gasteiger partial charge is 0.164 e. The van der Waals surface area contributed by atoms with Crippen LogP contribution < -0.4 is 0 Å². The number of hydrogen-bond acceptors (Lipinski definition) is 3. The highest BCUT2D eigenvalue weighted by atomic mass is 79.9. The van der Waals surface area contributed by atoms with Gasteiger partial charge in [-0.25, -0.2) is 0 Å². The second-order valence-corrected chi connectivity index (χ2v) is 3.43. The van der Waals surface area contributed by atoms with Gasteiger partial charge < -0.3 is 5.11 Å². The number of carbonyl (C=O) groups is 1. The van der Waals surface area contributed by atoms with Gasteiger partial charge in [-0.1, -0.05) is 15.9 Å². The first-order chi connectivity index (χ1) is 6.06. The third kappa shape index (κ3) is 1.87. The number of nitrogens with zero attached hydrogens (tertiary/aromatic N) is 1. The summed E-state index contributed by atoms with van der Waals surface area (Å²) in [5, 5.41) is 18.1. The minimum atomic E-state index is -0.318. The summed E-state index contributed by atoms with van der Waals surface area (Å²) in [5.74, 6) is -0.486. The predicted molar refractivity (Wildman–Crippen MR) is 50.5 cm³/mol. The molecule has 0 atom stereocenters. The van der Waals surface area contributed by atoms with Crippen molar-refractivity contribution in [3.63, 3.8) is 0 Å². The van der Waals surface area contributed by atoms with E-state index in [9.17, 15) is 9.90 Å². The fourth-order valence-corrected chi connectivity index (χ4v) is 1.50. The maximum Gasteiger partial charge on any atom is 0.164 e. The Morgan fingerprint density at radius 3 is 2.69 bits per heavy atom. The van der Waals surface area contributed by atoms with Crippen molar-refractivity contribution in [1.82, 2.24) is 0 Å². The van der Waals surface area contributed by atoms with Crippen molar-refractivity contribution in [2.75, 3.05) is 0 Å². The number of carbonyl (C=O) groups excluding carboxylic acids is 1. The van der Waals surface area contributed by atoms with Crippen LogP contribution in [0.5, 0.6) is 5.75 Å². The van der Waals surface area contributed by atoms with Crippen molar-refractivity contribution in [2.45, 2.75) is 6.92 Å². The lowest BCUT2D eigenvalue weighted by Gasteiger charge is -2.03. The van der Waals surface area contributed by atoms with Crippen molar-refractivity contribution in [2.24, 2.45) is 0 Å². The number of phenolic OH excluding ortho intramolecular Hbond substituents is 1. The molecule has 0 amide bonds. The number of rotatable bonds is 1. The van der Waals surface area contributed by atoms with Gasteiger partial charge in [-0.15, -0.1) is 0 Å². The molecular weight excluding hydrogens is 234 g/mol. The molecule has 1 N–H and O–H groups in total. The Bertz CT molecular complexity index is 407. The molecule has 0 fully saturated rings. The monoisotopic (exact) mass is 239 g/mol. The number of halogens is 1. The molecule has 0 spiro atoms. The molecule has 0 aliphatic heterocycles. The van der Waals surface area contributed by atoms with E-state index in [1.165, 1.54) is 19.1 Å². The topological polar surface area (TPSA) is 61.1 Å². The largest absolute Gasteiger partial charge is 0.507 e. The van der Waals surface area contributed by atoms with E-state index in [0.717, 1.165) is 0 Å². The molecule has 0 saturated carbocycles. The van der Waals surface area contributed by atoms with Crippen LogP contribution in [0.4, 0.5) is 0 Å². The van der Waals surface area contributed by atoms with E-state index >= 15 is 0 Å². The normalized spacial score (nSPS) is 9.31. The van der Waals surface area contributed by atoms with Gasteiger partial charge in [0.15, 0.2) is 5.78 Å². The number of Topliss-reactive ketones (excluding diaryl/α,β-unsaturated/α-hetero) is 1. The van der Waals surface area contributed by atoms with Crippen LogP contribution >= 0.6 is 15.9 Å². The van der Waals surface area contributed by atoms with Gasteiger partial charge in [-0.05, 0) is 19.1 Å². The SMILES string of the molecule is CC(=O)c1c(O)cc(Br)cc1C#N. The molecule has 1 aromatic rings. The Hall–Kier alpha value is -1.34. The number of aromatic hydroxyl groups is 1. The Labute approximate surface area is 83.7 Å². The van der Waals surface area contributed by atoms with Crippen molar-refractivity contribution < 1.29 is 9.90 Å². The Kier molecular flexibility index (Phi) is 2.69. The molecule has 0 unspecified atom stereocenters. The summed E-state index contributed by atoms with van der Waals surface area (Å²) in [7, 11) is 0. The van der Waals surface area contributed by atoms with Crippen molar-refractivity contribution >= 4 is 21.7 Å². The van der Waals surface area contributed by atoms with Gasteiger partial charge in [0, 0.05) is 4.47 Å². The van der Waals surface area contributed by atoms with Gasteiger partial charge in [0.1, 0.15) is 11.8 Å². The van der Waals surface area contributed by atoms with Crippen LogP contribution in [0.1, 0.15) is 22.8 Å². The summed E-state index contributed by atoms with van der Waals surface area (Å²) in [6.07, 6.45) is 0. The molecule has 4 heteroatoms. The van der Waals surface area contributed by atoms with E-state index in [2.05, 4.69) is 15.9 Å². The molecule has 0 heterocycles. The lowest BCUT2D eigenvalue weighted by molar-refractivity contribution is 0.101. The highest BCUT2D eigenvalue weighted by molar-refractivity contribution is 9.10. The van der Waals surface area contributed by atoms with Crippen LogP contribution in [0, 0.1) is 11.3 Å². The predicted octanol–water partition coefficient (Wildman–Crippen LogP) is 2.23. The van der Waals surface area contributed by atoms with Crippen LogP contribution in [0.15, 0.2) is 16.6 Å². The molecule has 0 aromatic heterocycles. The fourth-order valence-electron chi connectivity index (χ4n) is 1.05. The van der Waals surface area contributed by atoms with Crippen LogP contribution in [0.3, 0.4) is 0 Å². The standard InChI is InChI=1S/C9H6BrNO2/c1-5(12)9-6(4-11)2-7(10)3-8(9)13/h2-3,13H,1H3. The number of phenols is 1. The number of benzene rings is 1. The first-order valence-corrected chi connectivity index (χ1v) is 4.29. The quantitative estimate of drug-likeness (QED) is 0.765. The molecular formula is C9H6BrNO2. The summed E-state index contributed by atoms with van der Waals surface area (Å²) in [6.45, 7) is 1.31. The highest BCUT2D eigenvalue weighted by Crippen LogP contribution is 2.26. The molecule has 0 bridgehead atoms. The zero-order valence-corrected chi connectivity index (χ0v) is 8.42. The van der Waals surface area contributed by atoms with Gasteiger partial charge in [-0.2, -0.15) is 5.26 Å². The molecule has 0 saturated heterocycles. The zero-order chi connectivity index (χ0) is 10.0. The van der Waals surface area contributed by atoms with Crippen LogP contribution in [-0.2, 0) is 0 Å². The molecule has 1 rings (SSSR count). The Morgan fingerprint density at radius 1 is 1.62 bits per heavy atom. The van der Waals surface area contributed by atoms with Gasteiger partial charge >= 0.3 is 0 Å². The lowest BCUT2D eigenvalue weighted by atomic mass is 10.0. The van der Waals surface area contributed by atoms with Gasteiger partial charge in [-0.3, -0.25) is 4.79 Å². The highest BCUT2D eigenvalue weighted by Gasteiger charge is 2.13. The molecule has 0 aliphatic rings. The third-order valence-electron chi connectivity index (χ3n) is 1.55. The van der Waals surface area contributed by atoms with E-state index in [4.69, 9.17) is 5.26 Å². The summed E-state index contributed by atoms with van der Waals surface area (Å²) in [5.41, 5.74) is 0.255. The van der Waals surface area contributed by atoms with E-state index in [1.54, 1.807) is 0 Å². The summed E-state index contributed by atoms with van der Waals surface area (Å²) >= 11 is 3.11. The van der Waals surface area contributed by atoms with E-state index in [1.807, 2.05) is 6.07 Å². The summed E-state index contributed by atoms with van der Waals surface area (Å²) in [6, 6.07) is 4.73. The first-order valence-electron chi connectivity index (χ1n) is 3.50. The Morgan fingerprint density at radius 2 is 2.23 bits per heavy atom. The lowest BCUT2D eigenvalue weighted by Crippen LogP contribution is -1.97. The van der Waals surface area contributed by atoms with E-state index in [0.29, 0.717) is 4.47 Å². The van der Waals surface area contributed by atoms with Crippen molar-refractivity contribution in [3.8, 4) is 11.8 Å². The molecule has 1 aromatic carbocycles. The van der Waals surface area contributed by atoms with E-state index < -0.39 is 0 Å². The van der Waals surface area contributed by atoms with Crippen LogP contribution in [0.2, 0.25) is 0 Å². The number of hydrogen-bond donors (Lipinski definition) is 1. The minimum absolute atomic E-state index is 0.0747. The van der Waals surface area contributed by atoms with Gasteiger partial charge in [0.25, 0.3) is 0 Å². The van der Waals surface area contributed by atoms with Crippen LogP contribution in [-0.4, -0.2) is 10.9 Å². The number of ketones is 1. The summed E-state index contributed by atoms with van der Waals surface area (Å²) in [4.78, 5) is 11.0. The second kappa shape index (κ2) is 3.58. The third-order valence-corrected chi connectivity index (χ3v) is 2.01. The molecule has 66 valence electrons. The maximum absolute atomic E-state index is 11.0. The van der Waals surface area contributed by atoms with Gasteiger partial charge in [0.05, 0.1) is 11.1 Å².